The van der Waals surface area contributed by atoms with Crippen LogP contribution < -0.4 is 10.5 Å². The first kappa shape index (κ1) is 51.6. The molecule has 0 bridgehead atoms. The number of nitrogens with zero attached hydrogens (tertiary/aromatic N) is 6. The zero-order valence-electron chi connectivity index (χ0n) is 36.9. The molecule has 9 aromatic rings. The molecule has 14 nitrogen and oxygen atoms in total. The molecule has 0 fully saturated rings. The average Bonchev–Trinajstić information content (AvgIpc) is 4.12. The van der Waals surface area contributed by atoms with E-state index in [-0.39, 0.29) is 5.56 Å². The molecule has 3 aromatic heterocycles. The summed E-state index contributed by atoms with van der Waals surface area (Å²) >= 11 is 14.5. The van der Waals surface area contributed by atoms with Gasteiger partial charge in [0.15, 0.2) is 6.29 Å². The topological polar surface area (TPSA) is 189 Å². The van der Waals surface area contributed by atoms with Crippen molar-refractivity contribution < 1.29 is 29.9 Å². The number of hydroxylamine groups is 1. The standard InChI is InChI=1S/C17H14BrN3O2.C17H13BrN2O2.C17H13BrN2O.ClH2NO/c1-11-2-8-14(9-3-11)21-10-15(17(22)20-23)16(19-21)12-4-6-13(18)7-5-12;1-11-2-8-14(9-3-11)20-10-15(17(21)22)16(19-20)12-4-6-13(18)7-5-12;1-12-2-8-16(9-3-12)20-10-14(11-21)17(19-20)13-4-6-15(18)7-5-13;1-2-3/h2-10,23H,1H3,(H,20,22);2-10H,1H3,(H,21,22);2-11H,1H3;2-3H. The SMILES string of the molecule is Cc1ccc(-n2cc(C(=O)NO)c(-c3ccc(Br)cc3)n2)cc1.Cc1ccc(-n2cc(C(=O)O)c(-c3ccc(Br)cc3)n2)cc1.Cc1ccc(-n2cc(C=O)c(-c3ccc(Br)cc3)n2)cc1.ONCl. The Kier molecular flexibility index (Phi) is 18.3. The minimum atomic E-state index is -0.990. The van der Waals surface area contributed by atoms with Crippen molar-refractivity contribution in [3.63, 3.8) is 0 Å². The molecule has 0 atom stereocenters. The highest BCUT2D eigenvalue weighted by molar-refractivity contribution is 9.11. The second-order valence-corrected chi connectivity index (χ2v) is 17.9. The molecule has 1 amide bonds. The fourth-order valence-corrected chi connectivity index (χ4v) is 7.36. The third kappa shape index (κ3) is 13.7. The second kappa shape index (κ2) is 24.5. The van der Waals surface area contributed by atoms with Gasteiger partial charge in [0.05, 0.1) is 28.2 Å². The third-order valence-corrected chi connectivity index (χ3v) is 11.7. The lowest BCUT2D eigenvalue weighted by Crippen LogP contribution is -2.18. The van der Waals surface area contributed by atoms with Crippen molar-refractivity contribution in [3.05, 3.63) is 211 Å². The van der Waals surface area contributed by atoms with Gasteiger partial charge in [-0.3, -0.25) is 14.8 Å². The van der Waals surface area contributed by atoms with E-state index in [2.05, 4.69) is 74.9 Å². The smallest absolute Gasteiger partial charge is 0.339 e. The zero-order valence-corrected chi connectivity index (χ0v) is 42.4. The number of rotatable bonds is 9. The van der Waals surface area contributed by atoms with E-state index < -0.39 is 11.9 Å². The van der Waals surface area contributed by atoms with Crippen LogP contribution in [0.4, 0.5) is 0 Å². The number of carboxylic acid groups (broad SMARTS) is 1. The summed E-state index contributed by atoms with van der Waals surface area (Å²) in [5.41, 5.74) is 13.0. The Morgan fingerprint density at radius 3 is 1.14 bits per heavy atom. The molecular formula is C51H42Br3ClN8O6. The number of amides is 1. The van der Waals surface area contributed by atoms with Crippen LogP contribution in [0.1, 0.15) is 47.8 Å². The molecule has 6 aromatic carbocycles. The van der Waals surface area contributed by atoms with Gasteiger partial charge in [0, 0.05) is 60.5 Å². The predicted octanol–water partition coefficient (Wildman–Crippen LogP) is 12.6. The number of aryl methyl sites for hydroxylation is 3. The zero-order chi connectivity index (χ0) is 49.6. The minimum Gasteiger partial charge on any atom is -0.478 e. The molecule has 0 aliphatic rings. The quantitative estimate of drug-likeness (QED) is 0.0402. The molecule has 0 aliphatic heterocycles. The largest absolute Gasteiger partial charge is 0.478 e. The summed E-state index contributed by atoms with van der Waals surface area (Å²) in [5, 5.41) is 39.0. The Morgan fingerprint density at radius 1 is 0.507 bits per heavy atom. The van der Waals surface area contributed by atoms with Gasteiger partial charge in [-0.15, -0.1) is 5.00 Å². The van der Waals surface area contributed by atoms with Gasteiger partial charge in [0.2, 0.25) is 0 Å². The second-order valence-electron chi connectivity index (χ2n) is 15.0. The van der Waals surface area contributed by atoms with Crippen LogP contribution in [-0.2, 0) is 0 Å². The van der Waals surface area contributed by atoms with Crippen molar-refractivity contribution in [1.82, 2.24) is 39.8 Å². The summed E-state index contributed by atoms with van der Waals surface area (Å²) in [4.78, 5) is 36.0. The van der Waals surface area contributed by atoms with Crippen LogP contribution in [0.5, 0.6) is 0 Å². The number of aromatic carboxylic acids is 1. The average molecular weight is 1140 g/mol. The summed E-state index contributed by atoms with van der Waals surface area (Å²) in [7, 11) is 0. The molecule has 0 spiro atoms. The van der Waals surface area contributed by atoms with Crippen LogP contribution in [0.3, 0.4) is 0 Å². The normalized spacial score (nSPS) is 10.4. The van der Waals surface area contributed by atoms with Crippen molar-refractivity contribution in [2.45, 2.75) is 20.8 Å². The fourth-order valence-electron chi connectivity index (χ4n) is 6.57. The van der Waals surface area contributed by atoms with Gasteiger partial charge >= 0.3 is 5.97 Å². The van der Waals surface area contributed by atoms with Crippen LogP contribution in [0, 0.1) is 20.8 Å². The van der Waals surface area contributed by atoms with Crippen LogP contribution in [0.15, 0.2) is 178 Å². The minimum absolute atomic E-state index is 0.183. The van der Waals surface area contributed by atoms with Gasteiger partial charge in [0.25, 0.3) is 5.91 Å². The molecule has 0 unspecified atom stereocenters. The van der Waals surface area contributed by atoms with Crippen LogP contribution in [0.2, 0.25) is 0 Å². The Labute approximate surface area is 427 Å². The Balaban J connectivity index is 0.000000165. The van der Waals surface area contributed by atoms with E-state index in [0.717, 1.165) is 64.6 Å². The molecule has 9 rings (SSSR count). The van der Waals surface area contributed by atoms with E-state index in [1.54, 1.807) is 38.1 Å². The van der Waals surface area contributed by atoms with Gasteiger partial charge < -0.3 is 10.3 Å². The number of halogens is 4. The first-order valence-corrected chi connectivity index (χ1v) is 23.4. The van der Waals surface area contributed by atoms with Crippen molar-refractivity contribution in [1.29, 1.82) is 0 Å². The Morgan fingerprint density at radius 2 is 0.812 bits per heavy atom. The van der Waals surface area contributed by atoms with Crippen LogP contribution >= 0.6 is 59.6 Å². The van der Waals surface area contributed by atoms with E-state index in [0.29, 0.717) is 28.2 Å². The first-order valence-electron chi connectivity index (χ1n) is 20.6. The van der Waals surface area contributed by atoms with E-state index in [1.165, 1.54) is 10.6 Å². The molecule has 18 heteroatoms. The Hall–Kier alpha value is -6.83. The number of aromatic nitrogens is 6. The van der Waals surface area contributed by atoms with E-state index in [1.807, 2.05) is 166 Å². The lowest BCUT2D eigenvalue weighted by atomic mass is 10.1. The highest BCUT2D eigenvalue weighted by atomic mass is 79.9. The van der Waals surface area contributed by atoms with Crippen LogP contribution in [-0.4, -0.2) is 63.0 Å². The highest BCUT2D eigenvalue weighted by Crippen LogP contribution is 2.28. The molecule has 0 saturated heterocycles. The lowest BCUT2D eigenvalue weighted by molar-refractivity contribution is 0.0694. The molecule has 5 N–H and O–H groups in total. The molecule has 3 heterocycles. The maximum atomic E-state index is 11.9. The predicted molar refractivity (Wildman–Crippen MR) is 277 cm³/mol. The Bertz CT molecular complexity index is 3140. The van der Waals surface area contributed by atoms with Gasteiger partial charge in [0.1, 0.15) is 22.6 Å². The number of benzene rings is 6. The molecular weight excluding hydrogens is 1100 g/mol. The summed E-state index contributed by atoms with van der Waals surface area (Å²) in [5.74, 6) is -1.59. The van der Waals surface area contributed by atoms with Gasteiger partial charge in [-0.25, -0.2) is 24.3 Å². The maximum Gasteiger partial charge on any atom is 0.339 e. The van der Waals surface area contributed by atoms with E-state index in [4.69, 9.17) is 10.4 Å². The fraction of sp³-hybridized carbons (Fsp3) is 0.0588. The molecule has 350 valence electrons. The summed E-state index contributed by atoms with van der Waals surface area (Å²) < 4.78 is 7.83. The molecule has 0 radical (unpaired) electrons. The summed E-state index contributed by atoms with van der Waals surface area (Å²) in [6.45, 7) is 6.05. The van der Waals surface area contributed by atoms with E-state index >= 15 is 0 Å². The monoisotopic (exact) mass is 1130 g/mol. The molecule has 0 aliphatic carbocycles. The van der Waals surface area contributed by atoms with Crippen molar-refractivity contribution in [2.75, 3.05) is 0 Å². The summed E-state index contributed by atoms with van der Waals surface area (Å²) in [6.07, 6.45) is 5.75. The number of hydrogen-bond acceptors (Lipinski definition) is 9. The molecule has 69 heavy (non-hydrogen) atoms. The van der Waals surface area contributed by atoms with Gasteiger partial charge in [-0.2, -0.15) is 15.3 Å². The third-order valence-electron chi connectivity index (χ3n) is 10.1. The van der Waals surface area contributed by atoms with Crippen molar-refractivity contribution in [2.24, 2.45) is 0 Å². The molecule has 0 saturated carbocycles. The van der Waals surface area contributed by atoms with Gasteiger partial charge in [-0.1, -0.05) is 137 Å². The van der Waals surface area contributed by atoms with Crippen LogP contribution in [0.25, 0.3) is 50.8 Å². The maximum absolute atomic E-state index is 11.9. The number of hydrogen-bond donors (Lipinski definition) is 5. The van der Waals surface area contributed by atoms with Crippen molar-refractivity contribution >= 4 is 77.7 Å². The highest BCUT2D eigenvalue weighted by Gasteiger charge is 2.20. The van der Waals surface area contributed by atoms with Gasteiger partial charge in [-0.05, 0) is 93.6 Å². The summed E-state index contributed by atoms with van der Waals surface area (Å²) in [6, 6.07) is 46.3. The number of carbonyl (C=O) groups is 3. The van der Waals surface area contributed by atoms with Crippen molar-refractivity contribution in [3.8, 4) is 50.8 Å². The number of carbonyl (C=O) groups excluding carboxylic acids is 2. The lowest BCUT2D eigenvalue weighted by Gasteiger charge is -2.02. The first-order chi connectivity index (χ1) is 33.2. The van der Waals surface area contributed by atoms with E-state index in [9.17, 15) is 19.5 Å². The number of carboxylic acids is 1. The number of nitrogens with one attached hydrogen (secondary N) is 2. The number of aldehydes is 1.